The smallest absolute Gasteiger partial charge is 0.307 e. The molecule has 0 aromatic heterocycles. The molecule has 0 unspecified atom stereocenters. The predicted molar refractivity (Wildman–Crippen MR) is 116 cm³/mol. The van der Waals surface area contributed by atoms with Gasteiger partial charge in [0, 0.05) is 20.3 Å². The SMILES string of the molecule is CC(=O)OC(C)=C[C@H]1CC[C@H]2[C@@H]3CC=C4C=C(OC(C)=O)CC[C@]4(C)[C@H]3CC[C@]12C. The highest BCUT2D eigenvalue weighted by Gasteiger charge is 2.57. The van der Waals surface area contributed by atoms with Gasteiger partial charge in [0.2, 0.25) is 0 Å². The minimum absolute atomic E-state index is 0.190. The monoisotopic (exact) mass is 412 g/mol. The Hall–Kier alpha value is -1.84. The Balaban J connectivity index is 1.57. The lowest BCUT2D eigenvalue weighted by atomic mass is 9.48. The number of hydrogen-bond acceptors (Lipinski definition) is 4. The Labute approximate surface area is 180 Å². The summed E-state index contributed by atoms with van der Waals surface area (Å²) in [7, 11) is 0. The Morgan fingerprint density at radius 1 is 1.03 bits per heavy atom. The summed E-state index contributed by atoms with van der Waals surface area (Å²) in [5.41, 5.74) is 1.86. The molecule has 0 spiro atoms. The molecule has 4 aliphatic carbocycles. The van der Waals surface area contributed by atoms with E-state index in [1.54, 1.807) is 0 Å². The summed E-state index contributed by atoms with van der Waals surface area (Å²) in [5.74, 6) is 3.75. The molecule has 6 atom stereocenters. The van der Waals surface area contributed by atoms with Gasteiger partial charge in [-0.1, -0.05) is 19.9 Å². The third kappa shape index (κ3) is 3.56. The van der Waals surface area contributed by atoms with Crippen LogP contribution >= 0.6 is 0 Å². The zero-order valence-corrected chi connectivity index (χ0v) is 19.1. The first-order chi connectivity index (χ1) is 14.1. The molecule has 0 N–H and O–H groups in total. The van der Waals surface area contributed by atoms with E-state index in [0.717, 1.165) is 36.7 Å². The van der Waals surface area contributed by atoms with Crippen LogP contribution in [0.1, 0.15) is 79.6 Å². The second-order valence-corrected chi connectivity index (χ2v) is 10.5. The molecule has 2 fully saturated rings. The van der Waals surface area contributed by atoms with Crippen LogP contribution in [0.2, 0.25) is 0 Å². The van der Waals surface area contributed by atoms with Crippen molar-refractivity contribution in [3.63, 3.8) is 0 Å². The van der Waals surface area contributed by atoms with Crippen molar-refractivity contribution in [1.29, 1.82) is 0 Å². The Morgan fingerprint density at radius 2 is 1.80 bits per heavy atom. The Morgan fingerprint density at radius 3 is 2.50 bits per heavy atom. The maximum atomic E-state index is 11.4. The maximum absolute atomic E-state index is 11.4. The quantitative estimate of drug-likeness (QED) is 0.416. The van der Waals surface area contributed by atoms with E-state index < -0.39 is 0 Å². The van der Waals surface area contributed by atoms with Gasteiger partial charge in [0.25, 0.3) is 0 Å². The molecule has 4 rings (SSSR count). The van der Waals surface area contributed by atoms with Crippen molar-refractivity contribution in [3.8, 4) is 0 Å². The van der Waals surface area contributed by atoms with Crippen molar-refractivity contribution in [3.05, 3.63) is 35.3 Å². The number of carbonyl (C=O) groups excluding carboxylic acids is 2. The lowest BCUT2D eigenvalue weighted by Crippen LogP contribution is -2.49. The third-order valence-corrected chi connectivity index (χ3v) is 8.82. The fourth-order valence-corrected chi connectivity index (χ4v) is 7.42. The van der Waals surface area contributed by atoms with Gasteiger partial charge >= 0.3 is 11.9 Å². The van der Waals surface area contributed by atoms with E-state index in [1.165, 1.54) is 45.1 Å². The van der Waals surface area contributed by atoms with E-state index in [4.69, 9.17) is 9.47 Å². The van der Waals surface area contributed by atoms with Gasteiger partial charge in [0.05, 0.1) is 0 Å². The van der Waals surface area contributed by atoms with E-state index in [1.807, 2.05) is 6.92 Å². The molecule has 0 saturated heterocycles. The van der Waals surface area contributed by atoms with Crippen molar-refractivity contribution < 1.29 is 19.1 Å². The minimum Gasteiger partial charge on any atom is -0.432 e. The third-order valence-electron chi connectivity index (χ3n) is 8.82. The number of ether oxygens (including phenoxy) is 2. The number of fused-ring (bicyclic) bond motifs is 5. The molecule has 0 amide bonds. The summed E-state index contributed by atoms with van der Waals surface area (Å²) in [4.78, 5) is 22.7. The lowest BCUT2D eigenvalue weighted by molar-refractivity contribution is -0.138. The molecule has 164 valence electrons. The molecule has 0 aromatic rings. The van der Waals surface area contributed by atoms with Gasteiger partial charge in [-0.3, -0.25) is 9.59 Å². The number of allylic oxidation sites excluding steroid dienone is 6. The molecule has 2 saturated carbocycles. The standard InChI is InChI=1S/C26H36O4/c1-16(29-17(2)27)14-19-7-9-23-22-8-6-20-15-21(30-18(3)28)10-12-25(20,4)24(22)11-13-26(19,23)5/h6,14-15,19,22-24H,7-13H2,1-5H3/t19-,22+,23+,24+,25+,26-/m1/s1. The van der Waals surface area contributed by atoms with Gasteiger partial charge in [0.15, 0.2) is 0 Å². The molecule has 4 aliphatic rings. The first kappa shape index (κ1) is 21.4. The van der Waals surface area contributed by atoms with Crippen LogP contribution in [0.4, 0.5) is 0 Å². The van der Waals surface area contributed by atoms with Crippen LogP contribution < -0.4 is 0 Å². The van der Waals surface area contributed by atoms with E-state index >= 15 is 0 Å². The molecule has 30 heavy (non-hydrogen) atoms. The van der Waals surface area contributed by atoms with E-state index in [0.29, 0.717) is 17.8 Å². The predicted octanol–water partition coefficient (Wildman–Crippen LogP) is 6.09. The molecule has 0 bridgehead atoms. The summed E-state index contributed by atoms with van der Waals surface area (Å²) in [6, 6.07) is 0. The zero-order valence-electron chi connectivity index (χ0n) is 19.1. The second kappa shape index (κ2) is 7.69. The number of carbonyl (C=O) groups is 2. The Bertz CT molecular complexity index is 834. The summed E-state index contributed by atoms with van der Waals surface area (Å²) in [6.45, 7) is 9.78. The van der Waals surface area contributed by atoms with Crippen molar-refractivity contribution in [2.45, 2.75) is 79.6 Å². The van der Waals surface area contributed by atoms with Crippen LogP contribution in [0.25, 0.3) is 0 Å². The van der Waals surface area contributed by atoms with Gasteiger partial charge < -0.3 is 9.47 Å². The van der Waals surface area contributed by atoms with Crippen molar-refractivity contribution in [1.82, 2.24) is 0 Å². The zero-order chi connectivity index (χ0) is 21.7. The van der Waals surface area contributed by atoms with Crippen LogP contribution in [0.3, 0.4) is 0 Å². The van der Waals surface area contributed by atoms with Crippen LogP contribution in [0.15, 0.2) is 35.3 Å². The molecule has 0 radical (unpaired) electrons. The maximum Gasteiger partial charge on any atom is 0.307 e. The fourth-order valence-electron chi connectivity index (χ4n) is 7.42. The summed E-state index contributed by atoms with van der Waals surface area (Å²) >= 11 is 0. The minimum atomic E-state index is -0.233. The molecule has 4 nitrogen and oxygen atoms in total. The summed E-state index contributed by atoms with van der Waals surface area (Å²) < 4.78 is 10.8. The number of esters is 2. The molecule has 0 aliphatic heterocycles. The average Bonchev–Trinajstić information content (AvgIpc) is 2.97. The molecule has 0 heterocycles. The van der Waals surface area contributed by atoms with Crippen LogP contribution in [-0.4, -0.2) is 11.9 Å². The van der Waals surface area contributed by atoms with Gasteiger partial charge in [-0.05, 0) is 97.7 Å². The normalized spacial score (nSPS) is 40.4. The molecule has 0 aromatic carbocycles. The highest BCUT2D eigenvalue weighted by atomic mass is 16.5. The number of hydrogen-bond donors (Lipinski definition) is 0. The Kier molecular flexibility index (Phi) is 5.48. The summed E-state index contributed by atoms with van der Waals surface area (Å²) in [6.07, 6.45) is 14.8. The van der Waals surface area contributed by atoms with E-state index in [9.17, 15) is 9.59 Å². The largest absolute Gasteiger partial charge is 0.432 e. The van der Waals surface area contributed by atoms with Gasteiger partial charge in [-0.2, -0.15) is 0 Å². The molecular formula is C26H36O4. The van der Waals surface area contributed by atoms with Crippen LogP contribution in [0.5, 0.6) is 0 Å². The fraction of sp³-hybridized carbons (Fsp3) is 0.692. The molecular weight excluding hydrogens is 376 g/mol. The van der Waals surface area contributed by atoms with Crippen molar-refractivity contribution in [2.75, 3.05) is 0 Å². The van der Waals surface area contributed by atoms with Gasteiger partial charge in [0.1, 0.15) is 11.5 Å². The van der Waals surface area contributed by atoms with Crippen LogP contribution in [0, 0.1) is 34.5 Å². The summed E-state index contributed by atoms with van der Waals surface area (Å²) in [5, 5.41) is 0. The van der Waals surface area contributed by atoms with Crippen molar-refractivity contribution >= 4 is 11.9 Å². The first-order valence-electron chi connectivity index (χ1n) is 11.6. The molecule has 4 heteroatoms. The number of rotatable bonds is 3. The van der Waals surface area contributed by atoms with Gasteiger partial charge in [-0.15, -0.1) is 0 Å². The van der Waals surface area contributed by atoms with E-state index in [2.05, 4.69) is 32.1 Å². The van der Waals surface area contributed by atoms with E-state index in [-0.39, 0.29) is 22.8 Å². The highest BCUT2D eigenvalue weighted by molar-refractivity contribution is 5.67. The lowest BCUT2D eigenvalue weighted by Gasteiger charge is -2.57. The van der Waals surface area contributed by atoms with Crippen molar-refractivity contribution in [2.24, 2.45) is 34.5 Å². The topological polar surface area (TPSA) is 52.6 Å². The highest BCUT2D eigenvalue weighted by Crippen LogP contribution is 2.66. The van der Waals surface area contributed by atoms with Gasteiger partial charge in [-0.25, -0.2) is 0 Å². The average molecular weight is 413 g/mol. The second-order valence-electron chi connectivity index (χ2n) is 10.5. The van der Waals surface area contributed by atoms with Crippen LogP contribution in [-0.2, 0) is 19.1 Å². The first-order valence-corrected chi connectivity index (χ1v) is 11.6.